The third kappa shape index (κ3) is 3.55. The molecule has 0 unspecified atom stereocenters. The summed E-state index contributed by atoms with van der Waals surface area (Å²) in [5.41, 5.74) is 2.47. The lowest BCUT2D eigenvalue weighted by Gasteiger charge is -2.58. The van der Waals surface area contributed by atoms with Gasteiger partial charge >= 0.3 is 5.97 Å². The molecule has 0 bridgehead atoms. The van der Waals surface area contributed by atoms with E-state index in [1.807, 2.05) is 6.92 Å². The zero-order chi connectivity index (χ0) is 17.3. The van der Waals surface area contributed by atoms with Crippen LogP contribution in [0.5, 0.6) is 0 Å². The van der Waals surface area contributed by atoms with E-state index in [1.165, 1.54) is 18.1 Å². The molecule has 2 aliphatic carbocycles. The molecule has 23 heavy (non-hydrogen) atoms. The van der Waals surface area contributed by atoms with Gasteiger partial charge in [0.2, 0.25) is 0 Å². The Hall–Kier alpha value is -1.09. The van der Waals surface area contributed by atoms with E-state index in [0.717, 1.165) is 44.1 Å². The van der Waals surface area contributed by atoms with Crippen molar-refractivity contribution in [1.29, 1.82) is 0 Å². The number of aliphatic hydroxyl groups is 1. The Balaban J connectivity index is 2.20. The molecule has 130 valence electrons. The van der Waals surface area contributed by atoms with Gasteiger partial charge in [0.15, 0.2) is 0 Å². The molecule has 0 amide bonds. The molecule has 2 N–H and O–H groups in total. The summed E-state index contributed by atoms with van der Waals surface area (Å²) in [6.07, 6.45) is 8.76. The van der Waals surface area contributed by atoms with E-state index in [4.69, 9.17) is 5.11 Å². The Morgan fingerprint density at radius 1 is 1.39 bits per heavy atom. The van der Waals surface area contributed by atoms with E-state index in [9.17, 15) is 9.90 Å². The predicted molar refractivity (Wildman–Crippen MR) is 93.1 cm³/mol. The minimum atomic E-state index is -0.861. The summed E-state index contributed by atoms with van der Waals surface area (Å²) < 4.78 is 0. The average molecular weight is 320 g/mol. The fourth-order valence-corrected chi connectivity index (χ4v) is 5.46. The third-order valence-corrected chi connectivity index (χ3v) is 6.70. The number of carboxylic acid groups (broad SMARTS) is 1. The maximum absolute atomic E-state index is 10.8. The number of aliphatic hydroxyl groups excluding tert-OH is 1. The second-order valence-electron chi connectivity index (χ2n) is 8.34. The lowest BCUT2D eigenvalue weighted by Crippen LogP contribution is -2.51. The zero-order valence-corrected chi connectivity index (χ0v) is 14.9. The maximum atomic E-state index is 10.8. The Morgan fingerprint density at radius 2 is 2.09 bits per heavy atom. The van der Waals surface area contributed by atoms with Crippen LogP contribution in [0.25, 0.3) is 0 Å². The molecule has 2 saturated carbocycles. The van der Waals surface area contributed by atoms with Crippen LogP contribution in [0, 0.1) is 22.7 Å². The first-order chi connectivity index (χ1) is 10.7. The van der Waals surface area contributed by atoms with Gasteiger partial charge in [0.25, 0.3) is 0 Å². The van der Waals surface area contributed by atoms with E-state index in [-0.39, 0.29) is 17.4 Å². The molecule has 0 aliphatic heterocycles. The van der Waals surface area contributed by atoms with Gasteiger partial charge < -0.3 is 10.2 Å². The summed E-state index contributed by atoms with van der Waals surface area (Å²) in [5, 5.41) is 18.9. The number of hydrogen-bond donors (Lipinski definition) is 2. The summed E-state index contributed by atoms with van der Waals surface area (Å²) >= 11 is 0. The Kier molecular flexibility index (Phi) is 5.40. The number of fused-ring (bicyclic) bond motifs is 1. The molecule has 2 rings (SSSR count). The molecule has 0 aromatic heterocycles. The number of carboxylic acids is 1. The summed E-state index contributed by atoms with van der Waals surface area (Å²) in [7, 11) is 0. The molecule has 3 heteroatoms. The highest BCUT2D eigenvalue weighted by Gasteiger charge is 2.53. The first-order valence-electron chi connectivity index (χ1n) is 8.91. The van der Waals surface area contributed by atoms with Crippen LogP contribution in [0.15, 0.2) is 23.8 Å². The van der Waals surface area contributed by atoms with Gasteiger partial charge in [0, 0.05) is 12.7 Å². The number of aliphatic carboxylic acids is 1. The van der Waals surface area contributed by atoms with Crippen LogP contribution in [-0.2, 0) is 4.79 Å². The summed E-state index contributed by atoms with van der Waals surface area (Å²) in [5.74, 6) is 0.108. The van der Waals surface area contributed by atoms with Crippen molar-refractivity contribution in [1.82, 2.24) is 0 Å². The topological polar surface area (TPSA) is 57.5 Å². The van der Waals surface area contributed by atoms with Crippen LogP contribution in [0.1, 0.15) is 65.7 Å². The van der Waals surface area contributed by atoms with E-state index in [1.54, 1.807) is 0 Å². The monoisotopic (exact) mass is 320 g/mol. The number of carbonyl (C=O) groups is 1. The molecule has 2 fully saturated rings. The van der Waals surface area contributed by atoms with E-state index in [2.05, 4.69) is 20.4 Å². The Labute approximate surface area is 140 Å². The summed E-state index contributed by atoms with van der Waals surface area (Å²) in [6.45, 7) is 11.1. The van der Waals surface area contributed by atoms with Crippen LogP contribution in [0.4, 0.5) is 0 Å². The fraction of sp³-hybridized carbons (Fsp3) is 0.750. The van der Waals surface area contributed by atoms with Crippen molar-refractivity contribution in [3.63, 3.8) is 0 Å². The summed E-state index contributed by atoms with van der Waals surface area (Å²) in [6, 6.07) is 0. The van der Waals surface area contributed by atoms with Crippen molar-refractivity contribution in [2.75, 3.05) is 6.61 Å². The summed E-state index contributed by atoms with van der Waals surface area (Å²) in [4.78, 5) is 10.8. The standard InChI is InChI=1S/C20H32O3/c1-14(12-18(22)23)6-8-16-15(2)7-9-17-19(3,13-21)10-5-11-20(16,17)4/h12,16-17,21H,2,5-11,13H2,1,3-4H3,(H,22,23)/b14-12+/t16-,17-,19+,20+/m0/s1. The first kappa shape index (κ1) is 18.3. The molecule has 0 spiro atoms. The van der Waals surface area contributed by atoms with Gasteiger partial charge in [0.05, 0.1) is 0 Å². The second kappa shape index (κ2) is 6.80. The Morgan fingerprint density at radius 3 is 2.70 bits per heavy atom. The molecule has 0 aromatic carbocycles. The van der Waals surface area contributed by atoms with E-state index in [0.29, 0.717) is 11.8 Å². The van der Waals surface area contributed by atoms with Gasteiger partial charge in [-0.05, 0) is 68.1 Å². The lowest BCUT2D eigenvalue weighted by molar-refractivity contribution is -0.131. The smallest absolute Gasteiger partial charge is 0.328 e. The van der Waals surface area contributed by atoms with Crippen molar-refractivity contribution in [3.8, 4) is 0 Å². The highest BCUT2D eigenvalue weighted by molar-refractivity contribution is 5.80. The third-order valence-electron chi connectivity index (χ3n) is 6.70. The van der Waals surface area contributed by atoms with Crippen molar-refractivity contribution in [2.45, 2.75) is 65.7 Å². The van der Waals surface area contributed by atoms with Gasteiger partial charge in [-0.1, -0.05) is 38.0 Å². The fourth-order valence-electron chi connectivity index (χ4n) is 5.46. The van der Waals surface area contributed by atoms with Crippen LogP contribution >= 0.6 is 0 Å². The molecule has 0 heterocycles. The highest BCUT2D eigenvalue weighted by Crippen LogP contribution is 2.61. The minimum Gasteiger partial charge on any atom is -0.478 e. The molecule has 0 saturated heterocycles. The van der Waals surface area contributed by atoms with Gasteiger partial charge in [-0.3, -0.25) is 0 Å². The maximum Gasteiger partial charge on any atom is 0.328 e. The van der Waals surface area contributed by atoms with Crippen LogP contribution in [0.3, 0.4) is 0 Å². The number of rotatable bonds is 5. The molecular weight excluding hydrogens is 288 g/mol. The molecule has 4 atom stereocenters. The first-order valence-corrected chi connectivity index (χ1v) is 8.91. The largest absolute Gasteiger partial charge is 0.478 e. The quantitative estimate of drug-likeness (QED) is 0.576. The predicted octanol–water partition coefficient (Wildman–Crippen LogP) is 4.57. The van der Waals surface area contributed by atoms with E-state index < -0.39 is 5.97 Å². The van der Waals surface area contributed by atoms with Crippen molar-refractivity contribution in [3.05, 3.63) is 23.8 Å². The van der Waals surface area contributed by atoms with Crippen molar-refractivity contribution < 1.29 is 15.0 Å². The van der Waals surface area contributed by atoms with Gasteiger partial charge in [0.1, 0.15) is 0 Å². The normalized spacial score (nSPS) is 38.3. The van der Waals surface area contributed by atoms with Gasteiger partial charge in [-0.15, -0.1) is 0 Å². The average Bonchev–Trinajstić information content (AvgIpc) is 2.45. The van der Waals surface area contributed by atoms with Gasteiger partial charge in [-0.2, -0.15) is 0 Å². The van der Waals surface area contributed by atoms with Crippen molar-refractivity contribution >= 4 is 5.97 Å². The molecule has 2 aliphatic rings. The molecular formula is C20H32O3. The minimum absolute atomic E-state index is 0.0257. The van der Waals surface area contributed by atoms with Crippen LogP contribution in [-0.4, -0.2) is 22.8 Å². The number of allylic oxidation sites excluding steroid dienone is 2. The second-order valence-corrected chi connectivity index (χ2v) is 8.34. The zero-order valence-electron chi connectivity index (χ0n) is 14.9. The lowest BCUT2D eigenvalue weighted by atomic mass is 9.47. The van der Waals surface area contributed by atoms with Gasteiger partial charge in [-0.25, -0.2) is 4.79 Å². The van der Waals surface area contributed by atoms with Crippen LogP contribution < -0.4 is 0 Å². The molecule has 3 nitrogen and oxygen atoms in total. The van der Waals surface area contributed by atoms with E-state index >= 15 is 0 Å². The molecule has 0 radical (unpaired) electrons. The SMILES string of the molecule is C=C1CC[C@H]2[C@@](C)(CO)CCC[C@]2(C)[C@H]1CC/C(C)=C/C(=O)O. The Bertz CT molecular complexity index is 507. The highest BCUT2D eigenvalue weighted by atomic mass is 16.4. The van der Waals surface area contributed by atoms with Crippen molar-refractivity contribution in [2.24, 2.45) is 22.7 Å². The number of hydrogen-bond acceptors (Lipinski definition) is 2. The van der Waals surface area contributed by atoms with Crippen LogP contribution in [0.2, 0.25) is 0 Å². The molecule has 0 aromatic rings.